The van der Waals surface area contributed by atoms with E-state index in [4.69, 9.17) is 5.73 Å². The van der Waals surface area contributed by atoms with Crippen molar-refractivity contribution in [2.75, 3.05) is 5.73 Å². The van der Waals surface area contributed by atoms with E-state index in [-0.39, 0.29) is 16.9 Å². The van der Waals surface area contributed by atoms with E-state index in [1.165, 1.54) is 4.57 Å². The smallest absolute Gasteiger partial charge is 0.262 e. The number of hydrogen-bond donors (Lipinski definition) is 2. The van der Waals surface area contributed by atoms with Gasteiger partial charge in [0.15, 0.2) is 0 Å². The first-order chi connectivity index (χ1) is 12.0. The molecule has 25 heavy (non-hydrogen) atoms. The first-order valence-corrected chi connectivity index (χ1v) is 7.98. The fraction of sp³-hybridized carbons (Fsp3) is 0. The number of aromatic nitrogens is 3. The Balaban J connectivity index is 2.02. The van der Waals surface area contributed by atoms with Crippen LogP contribution in [-0.4, -0.2) is 26.2 Å². The van der Waals surface area contributed by atoms with E-state index in [0.29, 0.717) is 11.4 Å². The van der Waals surface area contributed by atoms with Gasteiger partial charge in [0.2, 0.25) is 0 Å². The predicted molar refractivity (Wildman–Crippen MR) is 93.1 cm³/mol. The minimum absolute atomic E-state index is 0.000971. The van der Waals surface area contributed by atoms with Crippen LogP contribution in [-0.2, 0) is 0 Å². The molecule has 3 aromatic rings. The summed E-state index contributed by atoms with van der Waals surface area (Å²) in [6, 6.07) is 8.09. The molecule has 0 spiro atoms. The van der Waals surface area contributed by atoms with Gasteiger partial charge >= 0.3 is 0 Å². The summed E-state index contributed by atoms with van der Waals surface area (Å²) in [5.41, 5.74) is 6.59. The van der Waals surface area contributed by atoms with Crippen molar-refractivity contribution in [3.63, 3.8) is 0 Å². The predicted octanol–water partition coefficient (Wildman–Crippen LogP) is 1.25. The van der Waals surface area contributed by atoms with Crippen molar-refractivity contribution in [1.29, 1.82) is 0 Å². The molecule has 1 aliphatic rings. The summed E-state index contributed by atoms with van der Waals surface area (Å²) >= 11 is 3.33. The molecule has 2 amide bonds. The zero-order chi connectivity index (χ0) is 17.7. The van der Waals surface area contributed by atoms with Gasteiger partial charge in [-0.3, -0.25) is 24.3 Å². The first kappa shape index (κ1) is 15.3. The molecule has 2 aromatic heterocycles. The molecule has 0 aliphatic carbocycles. The van der Waals surface area contributed by atoms with Gasteiger partial charge in [0.05, 0.1) is 33.2 Å². The van der Waals surface area contributed by atoms with Crippen molar-refractivity contribution < 1.29 is 9.59 Å². The molecule has 3 heterocycles. The molecular formula is C16H10BrN5O3. The lowest BCUT2D eigenvalue weighted by atomic mass is 10.1. The van der Waals surface area contributed by atoms with Gasteiger partial charge in [0.25, 0.3) is 17.4 Å². The van der Waals surface area contributed by atoms with E-state index < -0.39 is 17.4 Å². The highest BCUT2D eigenvalue weighted by atomic mass is 79.9. The lowest BCUT2D eigenvalue weighted by Gasteiger charge is -2.15. The molecule has 9 heteroatoms. The number of anilines is 1. The second-order valence-electron chi connectivity index (χ2n) is 5.37. The van der Waals surface area contributed by atoms with E-state index >= 15 is 0 Å². The first-order valence-electron chi connectivity index (χ1n) is 7.18. The van der Waals surface area contributed by atoms with Gasteiger partial charge < -0.3 is 5.73 Å². The number of benzene rings is 1. The fourth-order valence-corrected chi connectivity index (χ4v) is 3.09. The lowest BCUT2D eigenvalue weighted by molar-refractivity contribution is 0.0880. The Labute approximate surface area is 149 Å². The number of nitrogens with one attached hydrogen (secondary N) is 1. The van der Waals surface area contributed by atoms with Crippen LogP contribution in [0.3, 0.4) is 0 Å². The number of carbonyl (C=O) groups is 2. The second kappa shape index (κ2) is 5.42. The van der Waals surface area contributed by atoms with Crippen molar-refractivity contribution >= 4 is 33.6 Å². The molecule has 4 rings (SSSR count). The number of nitrogens with zero attached hydrogens (tertiary/aromatic N) is 3. The third-order valence-electron chi connectivity index (χ3n) is 3.87. The van der Waals surface area contributed by atoms with Crippen LogP contribution in [0, 0.1) is 0 Å². The van der Waals surface area contributed by atoms with Gasteiger partial charge in [-0.1, -0.05) is 12.1 Å². The van der Waals surface area contributed by atoms with Crippen LogP contribution in [0.1, 0.15) is 20.7 Å². The van der Waals surface area contributed by atoms with E-state index in [0.717, 1.165) is 10.5 Å². The molecule has 8 nitrogen and oxygen atoms in total. The average Bonchev–Trinajstić information content (AvgIpc) is 3.12. The number of imide groups is 1. The number of para-hydroxylation sites is 2. The Morgan fingerprint density at radius 3 is 2.48 bits per heavy atom. The van der Waals surface area contributed by atoms with Gasteiger partial charge in [0, 0.05) is 12.3 Å². The van der Waals surface area contributed by atoms with Crippen LogP contribution < -0.4 is 16.6 Å². The molecule has 0 bridgehead atoms. The molecular weight excluding hydrogens is 390 g/mol. The minimum Gasteiger partial charge on any atom is -0.384 e. The van der Waals surface area contributed by atoms with E-state index in [1.807, 2.05) is 0 Å². The molecule has 0 saturated carbocycles. The van der Waals surface area contributed by atoms with Crippen molar-refractivity contribution in [2.24, 2.45) is 0 Å². The van der Waals surface area contributed by atoms with E-state index in [1.54, 1.807) is 41.3 Å². The van der Waals surface area contributed by atoms with Gasteiger partial charge in [0.1, 0.15) is 5.82 Å². The standard InChI is InChI=1S/C16H10BrN5O3/c17-8-6-19-21(7-8)10-3-1-2-4-11(10)22-12(23)5-9-13(14(22)18)16(25)20-15(9)24/h1-7H,18H2,(H,20,24,25). The molecule has 1 aliphatic heterocycles. The monoisotopic (exact) mass is 399 g/mol. The van der Waals surface area contributed by atoms with Crippen LogP contribution in [0.2, 0.25) is 0 Å². The zero-order valence-corrected chi connectivity index (χ0v) is 14.1. The number of pyridine rings is 1. The van der Waals surface area contributed by atoms with E-state index in [2.05, 4.69) is 26.3 Å². The molecule has 124 valence electrons. The summed E-state index contributed by atoms with van der Waals surface area (Å²) in [5, 5.41) is 6.36. The SMILES string of the molecule is Nc1c2c(cc(=O)n1-c1ccccc1-n1cc(Br)cn1)C(=O)NC2=O. The molecule has 3 N–H and O–H groups in total. The van der Waals surface area contributed by atoms with Crippen molar-refractivity contribution in [2.45, 2.75) is 0 Å². The summed E-state index contributed by atoms with van der Waals surface area (Å²) in [4.78, 5) is 36.4. The topological polar surface area (TPSA) is 112 Å². The molecule has 0 saturated heterocycles. The van der Waals surface area contributed by atoms with Gasteiger partial charge in [-0.2, -0.15) is 5.10 Å². The Morgan fingerprint density at radius 1 is 1.08 bits per heavy atom. The third-order valence-corrected chi connectivity index (χ3v) is 4.28. The molecule has 1 aromatic carbocycles. The number of carbonyl (C=O) groups excluding carboxylic acids is 2. The number of fused-ring (bicyclic) bond motifs is 1. The highest BCUT2D eigenvalue weighted by molar-refractivity contribution is 9.10. The number of amides is 2. The number of nitrogen functional groups attached to an aromatic ring is 1. The Bertz CT molecular complexity index is 1120. The maximum absolute atomic E-state index is 12.6. The van der Waals surface area contributed by atoms with Crippen LogP contribution in [0.4, 0.5) is 5.82 Å². The maximum Gasteiger partial charge on any atom is 0.262 e. The highest BCUT2D eigenvalue weighted by Crippen LogP contribution is 2.26. The number of halogens is 1. The summed E-state index contributed by atoms with van der Waals surface area (Å²) in [6.07, 6.45) is 3.33. The number of nitrogens with two attached hydrogens (primary N) is 1. The number of rotatable bonds is 2. The normalized spacial score (nSPS) is 13.0. The minimum atomic E-state index is -0.625. The Kier molecular flexibility index (Phi) is 3.32. The Hall–Kier alpha value is -3.20. The summed E-state index contributed by atoms with van der Waals surface area (Å²) in [7, 11) is 0. The van der Waals surface area contributed by atoms with Gasteiger partial charge in [-0.15, -0.1) is 0 Å². The maximum atomic E-state index is 12.6. The highest BCUT2D eigenvalue weighted by Gasteiger charge is 2.32. The summed E-state index contributed by atoms with van der Waals surface area (Å²) < 4.78 is 3.53. The average molecular weight is 400 g/mol. The lowest BCUT2D eigenvalue weighted by Crippen LogP contribution is -2.25. The van der Waals surface area contributed by atoms with Crippen molar-refractivity contribution in [3.05, 3.63) is 68.7 Å². The van der Waals surface area contributed by atoms with E-state index in [9.17, 15) is 14.4 Å². The quantitative estimate of drug-likeness (QED) is 0.629. The van der Waals surface area contributed by atoms with Crippen LogP contribution in [0.25, 0.3) is 11.4 Å². The van der Waals surface area contributed by atoms with Crippen LogP contribution in [0.15, 0.2) is 52.0 Å². The largest absolute Gasteiger partial charge is 0.384 e. The van der Waals surface area contributed by atoms with Crippen LogP contribution in [0.5, 0.6) is 0 Å². The second-order valence-corrected chi connectivity index (χ2v) is 6.28. The molecule has 0 radical (unpaired) electrons. The Morgan fingerprint density at radius 2 is 1.80 bits per heavy atom. The van der Waals surface area contributed by atoms with Crippen molar-refractivity contribution in [1.82, 2.24) is 19.7 Å². The van der Waals surface area contributed by atoms with Gasteiger partial charge in [-0.05, 0) is 28.1 Å². The third kappa shape index (κ3) is 2.28. The van der Waals surface area contributed by atoms with Crippen LogP contribution >= 0.6 is 15.9 Å². The molecule has 0 atom stereocenters. The fourth-order valence-electron chi connectivity index (χ4n) is 2.81. The molecule has 0 fully saturated rings. The van der Waals surface area contributed by atoms with Crippen molar-refractivity contribution in [3.8, 4) is 11.4 Å². The summed E-state index contributed by atoms with van der Waals surface area (Å²) in [5.74, 6) is -1.34. The number of hydrogen-bond acceptors (Lipinski definition) is 5. The summed E-state index contributed by atoms with van der Waals surface area (Å²) in [6.45, 7) is 0. The zero-order valence-electron chi connectivity index (χ0n) is 12.6. The van der Waals surface area contributed by atoms with Gasteiger partial charge in [-0.25, -0.2) is 4.68 Å². The molecule has 0 unspecified atom stereocenters.